The van der Waals surface area contributed by atoms with Crippen molar-refractivity contribution in [2.75, 3.05) is 13.7 Å². The second kappa shape index (κ2) is 7.98. The molecule has 17 heavy (non-hydrogen) atoms. The lowest BCUT2D eigenvalue weighted by Crippen LogP contribution is -2.09. The molecule has 1 rings (SSSR count). The number of nitrogens with two attached hydrogens (primary N) is 1. The molecule has 0 saturated carbocycles. The van der Waals surface area contributed by atoms with Crippen LogP contribution in [0.2, 0.25) is 0 Å². The summed E-state index contributed by atoms with van der Waals surface area (Å²) in [5.74, 6) is 1.47. The van der Waals surface area contributed by atoms with Gasteiger partial charge in [-0.25, -0.2) is 0 Å². The minimum atomic E-state index is -0.0397. The molecule has 0 aliphatic heterocycles. The fraction of sp³-hybridized carbons (Fsp3) is 0.385. The highest BCUT2D eigenvalue weighted by Gasteiger charge is 2.09. The number of hydrogen-bond acceptors (Lipinski definition) is 3. The molecule has 4 heteroatoms. The Hall–Kier alpha value is -1.19. The third-order valence-corrected chi connectivity index (χ3v) is 2.34. The van der Waals surface area contributed by atoms with Gasteiger partial charge in [-0.3, -0.25) is 0 Å². The monoisotopic (exact) mass is 257 g/mol. The molecule has 3 nitrogen and oxygen atoms in total. The van der Waals surface area contributed by atoms with Crippen LogP contribution in [0.3, 0.4) is 0 Å². The lowest BCUT2D eigenvalue weighted by molar-refractivity contribution is 0.310. The second-order valence-corrected chi connectivity index (χ2v) is 3.47. The molecule has 0 bridgehead atoms. The van der Waals surface area contributed by atoms with Crippen LogP contribution in [-0.4, -0.2) is 13.7 Å². The van der Waals surface area contributed by atoms with E-state index in [-0.39, 0.29) is 18.4 Å². The van der Waals surface area contributed by atoms with E-state index in [2.05, 4.69) is 6.58 Å². The topological polar surface area (TPSA) is 44.5 Å². The summed E-state index contributed by atoms with van der Waals surface area (Å²) in [5, 5.41) is 0. The zero-order chi connectivity index (χ0) is 12.0. The number of methoxy groups -OCH3 is 1. The third-order valence-electron chi connectivity index (χ3n) is 2.34. The van der Waals surface area contributed by atoms with Crippen LogP contribution in [0.15, 0.2) is 30.9 Å². The first-order valence-electron chi connectivity index (χ1n) is 5.40. The molecule has 0 fully saturated rings. The fourth-order valence-electron chi connectivity index (χ4n) is 1.51. The number of rotatable bonds is 6. The van der Waals surface area contributed by atoms with Crippen LogP contribution in [0.1, 0.15) is 24.9 Å². The highest BCUT2D eigenvalue weighted by Crippen LogP contribution is 2.30. The summed E-state index contributed by atoms with van der Waals surface area (Å²) < 4.78 is 10.7. The van der Waals surface area contributed by atoms with Gasteiger partial charge in [0.15, 0.2) is 11.5 Å². The van der Waals surface area contributed by atoms with Crippen molar-refractivity contribution in [3.8, 4) is 11.5 Å². The lowest BCUT2D eigenvalue weighted by Gasteiger charge is -2.14. The molecule has 0 spiro atoms. The zero-order valence-corrected chi connectivity index (χ0v) is 11.1. The molecule has 0 amide bonds. The molecule has 0 heterocycles. The molecular weight excluding hydrogens is 238 g/mol. The van der Waals surface area contributed by atoms with E-state index in [4.69, 9.17) is 15.2 Å². The molecule has 1 aromatic carbocycles. The van der Waals surface area contributed by atoms with Crippen molar-refractivity contribution in [1.29, 1.82) is 0 Å². The summed E-state index contributed by atoms with van der Waals surface area (Å²) in [6.45, 7) is 6.24. The summed E-state index contributed by atoms with van der Waals surface area (Å²) in [7, 11) is 1.63. The summed E-state index contributed by atoms with van der Waals surface area (Å²) in [4.78, 5) is 0. The minimum Gasteiger partial charge on any atom is -0.493 e. The molecular formula is C13H20ClNO2. The molecule has 96 valence electrons. The summed E-state index contributed by atoms with van der Waals surface area (Å²) in [5.41, 5.74) is 7.01. The number of hydrogen-bond donors (Lipinski definition) is 1. The lowest BCUT2D eigenvalue weighted by atomic mass is 10.0. The zero-order valence-electron chi connectivity index (χ0n) is 10.3. The second-order valence-electron chi connectivity index (χ2n) is 3.47. The van der Waals surface area contributed by atoms with Gasteiger partial charge < -0.3 is 15.2 Å². The third kappa shape index (κ3) is 4.29. The van der Waals surface area contributed by atoms with Crippen LogP contribution in [0.4, 0.5) is 0 Å². The van der Waals surface area contributed by atoms with Crippen LogP contribution >= 0.6 is 12.4 Å². The predicted molar refractivity (Wildman–Crippen MR) is 73.2 cm³/mol. The Morgan fingerprint density at radius 1 is 1.41 bits per heavy atom. The van der Waals surface area contributed by atoms with Crippen molar-refractivity contribution in [1.82, 2.24) is 0 Å². The van der Waals surface area contributed by atoms with E-state index in [1.165, 1.54) is 0 Å². The minimum absolute atomic E-state index is 0. The van der Waals surface area contributed by atoms with Gasteiger partial charge in [0, 0.05) is 6.04 Å². The van der Waals surface area contributed by atoms with Gasteiger partial charge in [-0.15, -0.1) is 19.0 Å². The normalized spacial score (nSPS) is 11.2. The van der Waals surface area contributed by atoms with E-state index in [0.29, 0.717) is 6.61 Å². The standard InChI is InChI=1S/C13H19NO2.ClH/c1-4-6-11(14)10-7-8-12(16-5-2)13(9-10)15-3;/h4,7-9,11H,1,5-6,14H2,2-3H3;1H/t11-;/m0./s1. The Labute approximate surface area is 109 Å². The fourth-order valence-corrected chi connectivity index (χ4v) is 1.51. The Balaban J connectivity index is 0.00000256. The van der Waals surface area contributed by atoms with Crippen LogP contribution < -0.4 is 15.2 Å². The number of halogens is 1. The maximum Gasteiger partial charge on any atom is 0.161 e. The van der Waals surface area contributed by atoms with Gasteiger partial charge in [-0.2, -0.15) is 0 Å². The quantitative estimate of drug-likeness (QED) is 0.797. The van der Waals surface area contributed by atoms with Gasteiger partial charge >= 0.3 is 0 Å². The molecule has 0 aliphatic rings. The van der Waals surface area contributed by atoms with Crippen molar-refractivity contribution >= 4 is 12.4 Å². The van der Waals surface area contributed by atoms with Crippen molar-refractivity contribution in [2.24, 2.45) is 5.73 Å². The highest BCUT2D eigenvalue weighted by atomic mass is 35.5. The molecule has 0 saturated heterocycles. The van der Waals surface area contributed by atoms with Crippen LogP contribution in [-0.2, 0) is 0 Å². The Morgan fingerprint density at radius 2 is 2.12 bits per heavy atom. The molecule has 2 N–H and O–H groups in total. The number of ether oxygens (including phenoxy) is 2. The van der Waals surface area contributed by atoms with Crippen LogP contribution in [0.25, 0.3) is 0 Å². The van der Waals surface area contributed by atoms with Crippen molar-refractivity contribution in [3.63, 3.8) is 0 Å². The summed E-state index contributed by atoms with van der Waals surface area (Å²) in [6, 6.07) is 5.73. The molecule has 1 aromatic rings. The van der Waals surface area contributed by atoms with E-state index in [1.54, 1.807) is 7.11 Å². The maximum absolute atomic E-state index is 5.99. The highest BCUT2D eigenvalue weighted by molar-refractivity contribution is 5.85. The number of benzene rings is 1. The van der Waals surface area contributed by atoms with E-state index >= 15 is 0 Å². The van der Waals surface area contributed by atoms with Crippen molar-refractivity contribution < 1.29 is 9.47 Å². The average molecular weight is 258 g/mol. The Morgan fingerprint density at radius 3 is 2.65 bits per heavy atom. The average Bonchev–Trinajstić information content (AvgIpc) is 2.30. The first-order chi connectivity index (χ1) is 7.72. The Kier molecular flexibility index (Phi) is 7.42. The van der Waals surface area contributed by atoms with Gasteiger partial charge in [0.25, 0.3) is 0 Å². The molecule has 0 unspecified atom stereocenters. The maximum atomic E-state index is 5.99. The van der Waals surface area contributed by atoms with Crippen LogP contribution in [0.5, 0.6) is 11.5 Å². The van der Waals surface area contributed by atoms with Crippen LogP contribution in [0, 0.1) is 0 Å². The van der Waals surface area contributed by atoms with Gasteiger partial charge in [0.1, 0.15) is 0 Å². The Bertz CT molecular complexity index is 355. The molecule has 0 aliphatic carbocycles. The molecule has 0 radical (unpaired) electrons. The molecule has 1 atom stereocenters. The van der Waals surface area contributed by atoms with Gasteiger partial charge in [-0.05, 0) is 31.0 Å². The molecule has 0 aromatic heterocycles. The summed E-state index contributed by atoms with van der Waals surface area (Å²) in [6.07, 6.45) is 2.56. The van der Waals surface area contributed by atoms with E-state index in [0.717, 1.165) is 23.5 Å². The van der Waals surface area contributed by atoms with Gasteiger partial charge in [0.05, 0.1) is 13.7 Å². The first-order valence-corrected chi connectivity index (χ1v) is 5.40. The van der Waals surface area contributed by atoms with E-state index in [1.807, 2.05) is 31.2 Å². The summed E-state index contributed by atoms with van der Waals surface area (Å²) >= 11 is 0. The van der Waals surface area contributed by atoms with Gasteiger partial charge in [0.2, 0.25) is 0 Å². The van der Waals surface area contributed by atoms with Crippen molar-refractivity contribution in [2.45, 2.75) is 19.4 Å². The predicted octanol–water partition coefficient (Wildman–Crippen LogP) is 3.09. The van der Waals surface area contributed by atoms with Gasteiger partial charge in [-0.1, -0.05) is 12.1 Å². The van der Waals surface area contributed by atoms with E-state index < -0.39 is 0 Å². The largest absolute Gasteiger partial charge is 0.493 e. The van der Waals surface area contributed by atoms with E-state index in [9.17, 15) is 0 Å². The first kappa shape index (κ1) is 15.8. The smallest absolute Gasteiger partial charge is 0.161 e. The SMILES string of the molecule is C=CC[C@H](N)c1ccc(OCC)c(OC)c1.Cl. The van der Waals surface area contributed by atoms with Crippen molar-refractivity contribution in [3.05, 3.63) is 36.4 Å².